The Balaban J connectivity index is 3.02. The van der Waals surface area contributed by atoms with Crippen molar-refractivity contribution in [1.82, 2.24) is 4.98 Å². The molecule has 3 heteroatoms. The van der Waals surface area contributed by atoms with Gasteiger partial charge in [-0.25, -0.2) is 0 Å². The summed E-state index contributed by atoms with van der Waals surface area (Å²) in [6.07, 6.45) is 1.72. The Morgan fingerprint density at radius 2 is 1.79 bits per heavy atom. The highest BCUT2D eigenvalue weighted by Gasteiger charge is 2.19. The molecular weight excluding hydrogens is 176 g/mol. The molecule has 0 radical (unpaired) electrons. The van der Waals surface area contributed by atoms with Crippen LogP contribution in [0.25, 0.3) is 0 Å². The first-order valence-electron chi connectivity index (χ1n) is 4.69. The van der Waals surface area contributed by atoms with Crippen molar-refractivity contribution in [3.8, 4) is 0 Å². The Morgan fingerprint density at radius 3 is 2.07 bits per heavy atom. The minimum Gasteiger partial charge on any atom is -0.384 e. The van der Waals surface area contributed by atoms with Crippen LogP contribution < -0.4 is 5.73 Å². The molecule has 0 aliphatic carbocycles. The van der Waals surface area contributed by atoms with Gasteiger partial charge in [-0.2, -0.15) is 0 Å². The molecule has 0 saturated heterocycles. The monoisotopic (exact) mass is 194 g/mol. The summed E-state index contributed by atoms with van der Waals surface area (Å²) in [7, 11) is 0. The average Bonchev–Trinajstić information content (AvgIpc) is 2.01. The van der Waals surface area contributed by atoms with Gasteiger partial charge in [0.15, 0.2) is 0 Å². The molecule has 3 nitrogen and oxygen atoms in total. The van der Waals surface area contributed by atoms with Crippen LogP contribution in [0.15, 0.2) is 18.3 Å². The highest BCUT2D eigenvalue weighted by molar-refractivity contribution is 5.22. The summed E-state index contributed by atoms with van der Waals surface area (Å²) >= 11 is 0. The van der Waals surface area contributed by atoms with E-state index in [1.807, 2.05) is 26.0 Å². The van der Waals surface area contributed by atoms with Gasteiger partial charge in [-0.3, -0.25) is 4.98 Å². The molecule has 0 amide bonds. The zero-order valence-electron chi connectivity index (χ0n) is 9.20. The summed E-state index contributed by atoms with van der Waals surface area (Å²) in [6.45, 7) is 7.27. The predicted octanol–water partition coefficient (Wildman–Crippen LogP) is 1.50. The van der Waals surface area contributed by atoms with Crippen molar-refractivity contribution in [2.24, 2.45) is 5.73 Å². The molecule has 78 valence electrons. The van der Waals surface area contributed by atoms with E-state index < -0.39 is 5.60 Å². The van der Waals surface area contributed by atoms with Crippen molar-refractivity contribution in [3.05, 3.63) is 29.6 Å². The van der Waals surface area contributed by atoms with Gasteiger partial charge in [-0.05, 0) is 39.3 Å². The lowest BCUT2D eigenvalue weighted by Gasteiger charge is -2.21. The van der Waals surface area contributed by atoms with E-state index in [9.17, 15) is 5.11 Å². The maximum Gasteiger partial charge on any atom is 0.101 e. The van der Waals surface area contributed by atoms with Gasteiger partial charge in [0.05, 0.1) is 5.69 Å². The first-order valence-corrected chi connectivity index (χ1v) is 4.69. The molecule has 1 aromatic heterocycles. The van der Waals surface area contributed by atoms with Crippen molar-refractivity contribution in [2.45, 2.75) is 38.8 Å². The smallest absolute Gasteiger partial charge is 0.101 e. The van der Waals surface area contributed by atoms with Crippen molar-refractivity contribution in [1.29, 1.82) is 0 Å². The van der Waals surface area contributed by atoms with Crippen LogP contribution in [0.3, 0.4) is 0 Å². The van der Waals surface area contributed by atoms with E-state index in [2.05, 4.69) is 4.98 Å². The highest BCUT2D eigenvalue weighted by Crippen LogP contribution is 2.20. The molecule has 0 fully saturated rings. The van der Waals surface area contributed by atoms with E-state index in [1.165, 1.54) is 0 Å². The zero-order chi connectivity index (χ0) is 11.0. The van der Waals surface area contributed by atoms with Crippen molar-refractivity contribution in [2.75, 3.05) is 0 Å². The molecule has 1 aromatic rings. The number of rotatable bonds is 2. The Labute approximate surface area is 85.0 Å². The van der Waals surface area contributed by atoms with Crippen LogP contribution in [0.5, 0.6) is 0 Å². The molecule has 0 aromatic carbocycles. The van der Waals surface area contributed by atoms with E-state index in [0.29, 0.717) is 5.69 Å². The third-order valence-corrected chi connectivity index (χ3v) is 2.13. The van der Waals surface area contributed by atoms with Crippen LogP contribution in [-0.2, 0) is 11.1 Å². The number of nitrogens with two attached hydrogens (primary N) is 1. The number of hydrogen-bond acceptors (Lipinski definition) is 3. The molecular formula is C11H18N2O. The van der Waals surface area contributed by atoms with Crippen LogP contribution >= 0.6 is 0 Å². The molecule has 0 aliphatic heterocycles. The molecule has 0 saturated carbocycles. The fourth-order valence-corrected chi connectivity index (χ4v) is 1.14. The third-order valence-electron chi connectivity index (χ3n) is 2.13. The van der Waals surface area contributed by atoms with Crippen LogP contribution in [0.4, 0.5) is 0 Å². The summed E-state index contributed by atoms with van der Waals surface area (Å²) in [4.78, 5) is 4.19. The third kappa shape index (κ3) is 2.53. The lowest BCUT2D eigenvalue weighted by Crippen LogP contribution is -2.29. The van der Waals surface area contributed by atoms with E-state index >= 15 is 0 Å². The van der Waals surface area contributed by atoms with E-state index in [0.717, 1.165) is 5.56 Å². The second-order valence-corrected chi connectivity index (χ2v) is 4.71. The van der Waals surface area contributed by atoms with Crippen LogP contribution in [0.1, 0.15) is 39.0 Å². The number of hydrogen-bond donors (Lipinski definition) is 2. The first kappa shape index (κ1) is 11.1. The summed E-state index contributed by atoms with van der Waals surface area (Å²) in [5, 5.41) is 9.69. The number of aromatic nitrogens is 1. The largest absolute Gasteiger partial charge is 0.384 e. The maximum atomic E-state index is 9.69. The molecule has 0 aliphatic rings. The van der Waals surface area contributed by atoms with Gasteiger partial charge in [0.1, 0.15) is 5.60 Å². The molecule has 3 N–H and O–H groups in total. The Bertz CT molecular complexity index is 271. The van der Waals surface area contributed by atoms with Crippen molar-refractivity contribution >= 4 is 0 Å². The first-order chi connectivity index (χ1) is 6.21. The summed E-state index contributed by atoms with van der Waals surface area (Å²) in [6, 6.07) is 3.71. The minimum absolute atomic E-state index is 0.384. The van der Waals surface area contributed by atoms with Crippen molar-refractivity contribution in [3.63, 3.8) is 0 Å². The molecule has 0 spiro atoms. The average molecular weight is 194 g/mol. The van der Waals surface area contributed by atoms with Gasteiger partial charge < -0.3 is 10.8 Å². The normalized spacial score (nSPS) is 13.0. The molecule has 0 atom stereocenters. The van der Waals surface area contributed by atoms with Crippen LogP contribution in [-0.4, -0.2) is 10.1 Å². The standard InChI is InChI=1S/C11H18N2O/c1-10(2,12)8-5-6-9(13-7-8)11(3,4)14/h5-7,14H,12H2,1-4H3. The molecule has 1 rings (SSSR count). The maximum absolute atomic E-state index is 9.69. The van der Waals surface area contributed by atoms with Gasteiger partial charge >= 0.3 is 0 Å². The van der Waals surface area contributed by atoms with Crippen LogP contribution in [0, 0.1) is 0 Å². The summed E-state index contributed by atoms with van der Waals surface area (Å²) in [5.41, 5.74) is 6.26. The Hall–Kier alpha value is -0.930. The van der Waals surface area contributed by atoms with Gasteiger partial charge in [0.2, 0.25) is 0 Å². The lowest BCUT2D eigenvalue weighted by molar-refractivity contribution is 0.0738. The minimum atomic E-state index is -0.892. The molecule has 0 unspecified atom stereocenters. The number of nitrogens with zero attached hydrogens (tertiary/aromatic N) is 1. The Kier molecular flexibility index (Phi) is 2.65. The molecule has 1 heterocycles. The number of pyridine rings is 1. The van der Waals surface area contributed by atoms with Gasteiger partial charge in [0.25, 0.3) is 0 Å². The van der Waals surface area contributed by atoms with Crippen LogP contribution in [0.2, 0.25) is 0 Å². The van der Waals surface area contributed by atoms with Gasteiger partial charge in [-0.1, -0.05) is 6.07 Å². The molecule has 14 heavy (non-hydrogen) atoms. The fraction of sp³-hybridized carbons (Fsp3) is 0.545. The van der Waals surface area contributed by atoms with Gasteiger partial charge in [-0.15, -0.1) is 0 Å². The summed E-state index contributed by atoms with van der Waals surface area (Å²) < 4.78 is 0. The van der Waals surface area contributed by atoms with E-state index in [1.54, 1.807) is 20.0 Å². The predicted molar refractivity (Wildman–Crippen MR) is 56.7 cm³/mol. The zero-order valence-corrected chi connectivity index (χ0v) is 9.20. The van der Waals surface area contributed by atoms with Crippen molar-refractivity contribution < 1.29 is 5.11 Å². The SMILES string of the molecule is CC(C)(N)c1ccc(C(C)(C)O)nc1. The Morgan fingerprint density at radius 1 is 1.21 bits per heavy atom. The number of aliphatic hydroxyl groups is 1. The highest BCUT2D eigenvalue weighted by atomic mass is 16.3. The topological polar surface area (TPSA) is 59.1 Å². The second-order valence-electron chi connectivity index (χ2n) is 4.71. The quantitative estimate of drug-likeness (QED) is 0.750. The van der Waals surface area contributed by atoms with Gasteiger partial charge in [0, 0.05) is 11.7 Å². The second kappa shape index (κ2) is 3.33. The summed E-state index contributed by atoms with van der Waals surface area (Å²) in [5.74, 6) is 0. The van der Waals surface area contributed by atoms with E-state index in [4.69, 9.17) is 5.73 Å². The van der Waals surface area contributed by atoms with E-state index in [-0.39, 0.29) is 5.54 Å². The fourth-order valence-electron chi connectivity index (χ4n) is 1.14. The lowest BCUT2D eigenvalue weighted by atomic mass is 9.96. The molecule has 0 bridgehead atoms.